The van der Waals surface area contributed by atoms with Crippen LogP contribution in [0.25, 0.3) is 0 Å². The van der Waals surface area contributed by atoms with Gasteiger partial charge >= 0.3 is 0 Å². The fourth-order valence-electron chi connectivity index (χ4n) is 15.9. The third kappa shape index (κ3) is 10.5. The zero-order chi connectivity index (χ0) is 54.6. The summed E-state index contributed by atoms with van der Waals surface area (Å²) < 4.78 is 89.0. The van der Waals surface area contributed by atoms with Crippen LogP contribution in [0.4, 0.5) is 0 Å². The van der Waals surface area contributed by atoms with Gasteiger partial charge in [0.05, 0.1) is 129 Å². The van der Waals surface area contributed by atoms with Gasteiger partial charge in [-0.25, -0.2) is 0 Å². The molecule has 0 bridgehead atoms. The van der Waals surface area contributed by atoms with E-state index in [-0.39, 0.29) is 79.1 Å². The average Bonchev–Trinajstić information content (AvgIpc) is 3.84. The minimum atomic E-state index is -1.04. The van der Waals surface area contributed by atoms with Crippen molar-refractivity contribution in [2.45, 2.75) is 275 Å². The molecule has 33 unspecified atom stereocenters. The standard InChI is InChI=1S/C60H86O19/c1-28-19-42-44(22-48-54(76-42)30(3)52(65)58-55(77-48)29(2)31(4)60(79-58)25-33(63)27-67-60)73-46-24-51-59(5,78-47(46)20-28)50(64)23-45-36(74-51)11-7-6-10-35-37(71-45)15-16-39-38(69-35)17-18-40-43(70-39)21-49-57(75-40)53(66)56-41(72-49)12-8-9-34(68-56)14-13-32(62)26-61/h6-9,13-18,28-58,61-66H,10-12,19-27H2,1-5H3/b7-6-,14-13+. The molecule has 0 radical (unpaired) electrons. The highest BCUT2D eigenvalue weighted by molar-refractivity contribution is 5.18. The summed E-state index contributed by atoms with van der Waals surface area (Å²) in [7, 11) is 0. The van der Waals surface area contributed by atoms with Gasteiger partial charge in [0.15, 0.2) is 5.79 Å². The average molecular weight is 1110 g/mol. The third-order valence-electron chi connectivity index (χ3n) is 20.6. The number of aliphatic hydroxyl groups is 6. The molecule has 9 saturated heterocycles. The van der Waals surface area contributed by atoms with Crippen LogP contribution in [0.1, 0.15) is 98.8 Å². The Bertz CT molecular complexity index is 2300. The molecular formula is C60H86O19. The molecule has 0 amide bonds. The van der Waals surface area contributed by atoms with E-state index in [9.17, 15) is 30.6 Å². The molecule has 13 rings (SSSR count). The van der Waals surface area contributed by atoms with Crippen molar-refractivity contribution in [2.24, 2.45) is 23.7 Å². The Balaban J connectivity index is 0.677. The normalized spacial score (nSPS) is 56.8. The van der Waals surface area contributed by atoms with Crippen LogP contribution in [0.5, 0.6) is 0 Å². The Morgan fingerprint density at radius 1 is 0.519 bits per heavy atom. The summed E-state index contributed by atoms with van der Waals surface area (Å²) in [5.41, 5.74) is -1.04. The highest BCUT2D eigenvalue weighted by Crippen LogP contribution is 2.52. The Morgan fingerprint density at radius 3 is 1.91 bits per heavy atom. The van der Waals surface area contributed by atoms with Crippen molar-refractivity contribution < 1.29 is 92.2 Å². The number of hydrogen-bond donors (Lipinski definition) is 6. The van der Waals surface area contributed by atoms with Gasteiger partial charge in [0.25, 0.3) is 0 Å². The predicted octanol–water partition coefficient (Wildman–Crippen LogP) is 2.97. The second kappa shape index (κ2) is 22.4. The van der Waals surface area contributed by atoms with Crippen LogP contribution < -0.4 is 0 Å². The first-order valence-electron chi connectivity index (χ1n) is 30.0. The smallest absolute Gasteiger partial charge is 0.174 e. The Labute approximate surface area is 463 Å². The molecule has 0 aliphatic carbocycles. The molecule has 9 fully saturated rings. The van der Waals surface area contributed by atoms with Crippen molar-refractivity contribution in [3.8, 4) is 0 Å². The fraction of sp³-hybridized carbons (Fsp3) is 0.833. The van der Waals surface area contributed by atoms with E-state index < -0.39 is 134 Å². The van der Waals surface area contributed by atoms with E-state index in [0.29, 0.717) is 57.8 Å². The number of rotatable bonds is 3. The van der Waals surface area contributed by atoms with Gasteiger partial charge in [0.1, 0.15) is 54.4 Å². The largest absolute Gasteiger partial charge is 0.393 e. The van der Waals surface area contributed by atoms with Crippen molar-refractivity contribution in [1.82, 2.24) is 0 Å². The number of fused-ring (bicyclic) bond motifs is 11. The van der Waals surface area contributed by atoms with Crippen LogP contribution in [0.2, 0.25) is 0 Å². The molecule has 19 nitrogen and oxygen atoms in total. The first-order valence-corrected chi connectivity index (χ1v) is 30.0. The first kappa shape index (κ1) is 56.1. The third-order valence-corrected chi connectivity index (χ3v) is 20.6. The van der Waals surface area contributed by atoms with Crippen LogP contribution in [-0.4, -0.2) is 220 Å². The maximum Gasteiger partial charge on any atom is 0.174 e. The van der Waals surface area contributed by atoms with Gasteiger partial charge in [-0.05, 0) is 50.9 Å². The van der Waals surface area contributed by atoms with Gasteiger partial charge in [-0.3, -0.25) is 0 Å². The van der Waals surface area contributed by atoms with Crippen molar-refractivity contribution in [2.75, 3.05) is 13.2 Å². The van der Waals surface area contributed by atoms with Crippen LogP contribution in [0.15, 0.2) is 60.8 Å². The lowest BCUT2D eigenvalue weighted by molar-refractivity contribution is -0.339. The zero-order valence-electron chi connectivity index (χ0n) is 46.1. The van der Waals surface area contributed by atoms with E-state index in [4.69, 9.17) is 61.6 Å². The summed E-state index contributed by atoms with van der Waals surface area (Å²) in [6.45, 7) is 10.3. The minimum absolute atomic E-state index is 0.0318. The van der Waals surface area contributed by atoms with E-state index in [0.717, 1.165) is 6.42 Å². The van der Waals surface area contributed by atoms with E-state index in [1.165, 1.54) is 6.08 Å². The molecule has 1 spiro atoms. The van der Waals surface area contributed by atoms with Gasteiger partial charge in [0, 0.05) is 43.9 Å². The molecule has 33 atom stereocenters. The van der Waals surface area contributed by atoms with Crippen LogP contribution in [0, 0.1) is 23.7 Å². The highest BCUT2D eigenvalue weighted by Gasteiger charge is 2.63. The summed E-state index contributed by atoms with van der Waals surface area (Å²) in [5, 5.41) is 65.9. The minimum Gasteiger partial charge on any atom is -0.393 e. The molecule has 0 aromatic rings. The lowest BCUT2D eigenvalue weighted by Gasteiger charge is -2.53. The fourth-order valence-corrected chi connectivity index (χ4v) is 15.9. The lowest BCUT2D eigenvalue weighted by Crippen LogP contribution is -2.63. The summed E-state index contributed by atoms with van der Waals surface area (Å²) in [6, 6.07) is 0. The molecule has 440 valence electrons. The summed E-state index contributed by atoms with van der Waals surface area (Å²) >= 11 is 0. The number of aliphatic hydroxyl groups excluding tert-OH is 6. The topological polar surface area (TPSA) is 241 Å². The molecule has 13 heterocycles. The molecular weight excluding hydrogens is 1020 g/mol. The van der Waals surface area contributed by atoms with Gasteiger partial charge in [0.2, 0.25) is 0 Å². The van der Waals surface area contributed by atoms with E-state index in [1.807, 2.05) is 50.3 Å². The quantitative estimate of drug-likeness (QED) is 0.223. The van der Waals surface area contributed by atoms with Crippen molar-refractivity contribution in [3.63, 3.8) is 0 Å². The summed E-state index contributed by atoms with van der Waals surface area (Å²) in [6.07, 6.45) is 10.5. The molecule has 13 aliphatic rings. The molecule has 0 saturated carbocycles. The van der Waals surface area contributed by atoms with Gasteiger partial charge in [-0.2, -0.15) is 0 Å². The zero-order valence-corrected chi connectivity index (χ0v) is 46.1. The number of hydrogen-bond acceptors (Lipinski definition) is 19. The van der Waals surface area contributed by atoms with Gasteiger partial charge < -0.3 is 92.2 Å². The summed E-state index contributed by atoms with van der Waals surface area (Å²) in [4.78, 5) is 0. The molecule has 79 heavy (non-hydrogen) atoms. The Kier molecular flexibility index (Phi) is 15.9. The van der Waals surface area contributed by atoms with E-state index in [1.54, 1.807) is 6.08 Å². The van der Waals surface area contributed by atoms with Crippen molar-refractivity contribution in [3.05, 3.63) is 60.8 Å². The van der Waals surface area contributed by atoms with Crippen molar-refractivity contribution >= 4 is 0 Å². The predicted molar refractivity (Wildman–Crippen MR) is 279 cm³/mol. The Hall–Kier alpha value is -2.06. The molecule has 19 heteroatoms. The second-order valence-corrected chi connectivity index (χ2v) is 25.9. The molecule has 0 aromatic heterocycles. The molecule has 0 aromatic carbocycles. The van der Waals surface area contributed by atoms with Gasteiger partial charge in [-0.1, -0.05) is 88.5 Å². The molecule has 6 N–H and O–H groups in total. The monoisotopic (exact) mass is 1110 g/mol. The Morgan fingerprint density at radius 2 is 1.14 bits per heavy atom. The number of ether oxygens (including phenoxy) is 13. The highest BCUT2D eigenvalue weighted by atomic mass is 16.7. The lowest BCUT2D eigenvalue weighted by atomic mass is 9.75. The maximum absolute atomic E-state index is 12.4. The van der Waals surface area contributed by atoms with Crippen LogP contribution >= 0.6 is 0 Å². The van der Waals surface area contributed by atoms with Crippen LogP contribution in [0.3, 0.4) is 0 Å². The van der Waals surface area contributed by atoms with E-state index >= 15 is 0 Å². The maximum atomic E-state index is 12.4. The van der Waals surface area contributed by atoms with Crippen molar-refractivity contribution in [1.29, 1.82) is 0 Å². The van der Waals surface area contributed by atoms with E-state index in [2.05, 4.69) is 32.9 Å². The molecule has 13 aliphatic heterocycles. The summed E-state index contributed by atoms with van der Waals surface area (Å²) in [5.74, 6) is -1.19. The van der Waals surface area contributed by atoms with Gasteiger partial charge in [-0.15, -0.1) is 0 Å². The van der Waals surface area contributed by atoms with Crippen LogP contribution in [-0.2, 0) is 61.6 Å². The first-order chi connectivity index (χ1) is 38.0. The SMILES string of the molecule is CC1CC2OC3C(CC2OC2CC4OC5C/C=C\CC6OC7C=CC8OC9C(CC8OC7C=CC6OC5CC(O)C4(C)OC2C1)OC1CC=CC(/C=C/C(O)CO)OC1C9O)OC1C(C)C(C)C2(CC(O)CO2)OC1C(O)C3C. The second-order valence-electron chi connectivity index (χ2n) is 25.9.